The Morgan fingerprint density at radius 2 is 1.44 bits per heavy atom. The number of ether oxygens (including phenoxy) is 3. The van der Waals surface area contributed by atoms with Crippen LogP contribution in [0, 0.1) is 0 Å². The van der Waals surface area contributed by atoms with Gasteiger partial charge in [-0.2, -0.15) is 0 Å². The van der Waals surface area contributed by atoms with E-state index in [1.165, 1.54) is 0 Å². The third-order valence-electron chi connectivity index (χ3n) is 1.77. The molecule has 0 aliphatic heterocycles. The summed E-state index contributed by atoms with van der Waals surface area (Å²) in [7, 11) is 3.95. The number of hydrogen-bond acceptors (Lipinski definition) is 4. The molecule has 0 bridgehead atoms. The van der Waals surface area contributed by atoms with E-state index < -0.39 is 10.0 Å². The molecule has 0 aromatic carbocycles. The van der Waals surface area contributed by atoms with Crippen LogP contribution in [0.25, 0.3) is 0 Å². The maximum atomic E-state index is 10.5. The summed E-state index contributed by atoms with van der Waals surface area (Å²) in [5.41, 5.74) is 0. The zero-order valence-corrected chi connectivity index (χ0v) is 11.4. The van der Waals surface area contributed by atoms with Crippen molar-refractivity contribution in [1.29, 1.82) is 0 Å². The Hall–Kier alpha value is 0.320. The Kier molecular flexibility index (Phi) is 13.7. The van der Waals surface area contributed by atoms with Crippen molar-refractivity contribution in [3.8, 4) is 0 Å². The van der Waals surface area contributed by atoms with Gasteiger partial charge in [-0.05, 0) is 17.1 Å². The first-order valence-corrected chi connectivity index (χ1v) is 7.69. The summed E-state index contributed by atoms with van der Waals surface area (Å²) in [6.45, 7) is 5.60. The minimum atomic E-state index is -1.29. The van der Waals surface area contributed by atoms with Crippen LogP contribution in [-0.2, 0) is 24.2 Å². The van der Waals surface area contributed by atoms with Gasteiger partial charge in [0.05, 0.1) is 38.8 Å². The van der Waals surface area contributed by atoms with E-state index in [1.807, 2.05) is 0 Å². The van der Waals surface area contributed by atoms with E-state index in [0.717, 1.165) is 19.4 Å². The van der Waals surface area contributed by atoms with Gasteiger partial charge in [0.2, 0.25) is 0 Å². The SMILES string of the molecule is CCCCOCCOCCOCCS(=O)Cl. The summed E-state index contributed by atoms with van der Waals surface area (Å²) >= 11 is 0. The van der Waals surface area contributed by atoms with Crippen LogP contribution in [0.4, 0.5) is 0 Å². The lowest BCUT2D eigenvalue weighted by molar-refractivity contribution is 0.0168. The standard InChI is InChI=1S/C10H21ClO4S/c1-2-3-4-13-5-6-14-7-8-15-9-10-16(11)12/h2-10H2,1H3. The summed E-state index contributed by atoms with van der Waals surface area (Å²) < 4.78 is 26.2. The van der Waals surface area contributed by atoms with Gasteiger partial charge >= 0.3 is 0 Å². The van der Waals surface area contributed by atoms with Gasteiger partial charge in [-0.25, -0.2) is 4.21 Å². The highest BCUT2D eigenvalue weighted by Gasteiger charge is 1.94. The molecule has 0 radical (unpaired) electrons. The zero-order chi connectivity index (χ0) is 12.1. The van der Waals surface area contributed by atoms with Crippen molar-refractivity contribution in [3.63, 3.8) is 0 Å². The molecule has 16 heavy (non-hydrogen) atoms. The molecule has 0 rings (SSSR count). The first-order chi connectivity index (χ1) is 7.77. The summed E-state index contributed by atoms with van der Waals surface area (Å²) in [6.07, 6.45) is 2.25. The van der Waals surface area contributed by atoms with E-state index in [-0.39, 0.29) is 0 Å². The molecule has 4 nitrogen and oxygen atoms in total. The summed E-state index contributed by atoms with van der Waals surface area (Å²) in [5, 5.41) is 0. The molecule has 0 aliphatic carbocycles. The molecule has 0 heterocycles. The average Bonchev–Trinajstić information content (AvgIpc) is 2.25. The predicted octanol–water partition coefficient (Wildman–Crippen LogP) is 1.74. The summed E-state index contributed by atoms with van der Waals surface area (Å²) in [6, 6.07) is 0. The quantitative estimate of drug-likeness (QED) is 0.401. The molecule has 1 atom stereocenters. The first-order valence-electron chi connectivity index (χ1n) is 5.55. The molecule has 0 amide bonds. The predicted molar refractivity (Wildman–Crippen MR) is 66.2 cm³/mol. The van der Waals surface area contributed by atoms with E-state index in [1.54, 1.807) is 0 Å². The minimum Gasteiger partial charge on any atom is -0.379 e. The van der Waals surface area contributed by atoms with Crippen LogP contribution in [-0.4, -0.2) is 49.6 Å². The molecule has 0 spiro atoms. The number of unbranched alkanes of at least 4 members (excludes halogenated alkanes) is 1. The van der Waals surface area contributed by atoms with Crippen molar-refractivity contribution in [1.82, 2.24) is 0 Å². The van der Waals surface area contributed by atoms with Crippen LogP contribution in [0.1, 0.15) is 19.8 Å². The second-order valence-corrected chi connectivity index (χ2v) is 5.21. The van der Waals surface area contributed by atoms with Gasteiger partial charge in [0, 0.05) is 6.61 Å². The largest absolute Gasteiger partial charge is 0.379 e. The molecule has 0 saturated heterocycles. The van der Waals surface area contributed by atoms with Crippen molar-refractivity contribution in [3.05, 3.63) is 0 Å². The molecule has 0 aromatic heterocycles. The Labute approximate surface area is 105 Å². The van der Waals surface area contributed by atoms with E-state index >= 15 is 0 Å². The lowest BCUT2D eigenvalue weighted by atomic mass is 10.4. The van der Waals surface area contributed by atoms with E-state index in [9.17, 15) is 4.21 Å². The van der Waals surface area contributed by atoms with Crippen LogP contribution >= 0.6 is 10.7 Å². The number of halogens is 1. The Bertz CT molecular complexity index is 169. The third kappa shape index (κ3) is 14.3. The highest BCUT2D eigenvalue weighted by atomic mass is 35.7. The topological polar surface area (TPSA) is 44.8 Å². The molecular weight excluding hydrogens is 252 g/mol. The third-order valence-corrected chi connectivity index (χ3v) is 2.72. The fraction of sp³-hybridized carbons (Fsp3) is 1.00. The monoisotopic (exact) mass is 272 g/mol. The van der Waals surface area contributed by atoms with Gasteiger partial charge in [-0.15, -0.1) is 0 Å². The van der Waals surface area contributed by atoms with Gasteiger partial charge in [-0.1, -0.05) is 13.3 Å². The zero-order valence-electron chi connectivity index (χ0n) is 9.78. The molecule has 0 saturated carbocycles. The fourth-order valence-electron chi connectivity index (χ4n) is 0.913. The van der Waals surface area contributed by atoms with Crippen LogP contribution < -0.4 is 0 Å². The van der Waals surface area contributed by atoms with Crippen LogP contribution in [0.5, 0.6) is 0 Å². The van der Waals surface area contributed by atoms with Gasteiger partial charge in [-0.3, -0.25) is 0 Å². The molecule has 0 N–H and O–H groups in total. The smallest absolute Gasteiger partial charge is 0.117 e. The molecule has 98 valence electrons. The molecule has 0 fully saturated rings. The number of rotatable bonds is 12. The Morgan fingerprint density at radius 1 is 0.938 bits per heavy atom. The normalized spacial score (nSPS) is 12.9. The molecule has 1 unspecified atom stereocenters. The van der Waals surface area contributed by atoms with Crippen LogP contribution in [0.2, 0.25) is 0 Å². The maximum absolute atomic E-state index is 10.5. The highest BCUT2D eigenvalue weighted by Crippen LogP contribution is 1.89. The molecule has 6 heteroatoms. The second kappa shape index (κ2) is 13.4. The van der Waals surface area contributed by atoms with Gasteiger partial charge in [0.15, 0.2) is 0 Å². The summed E-state index contributed by atoms with van der Waals surface area (Å²) in [5.74, 6) is 0.363. The van der Waals surface area contributed by atoms with Crippen molar-refractivity contribution >= 4 is 20.7 Å². The first kappa shape index (κ1) is 16.3. The number of hydrogen-bond donors (Lipinski definition) is 0. The summed E-state index contributed by atoms with van der Waals surface area (Å²) in [4.78, 5) is 0. The van der Waals surface area contributed by atoms with Gasteiger partial charge in [0.1, 0.15) is 10.0 Å². The van der Waals surface area contributed by atoms with E-state index in [4.69, 9.17) is 24.9 Å². The average molecular weight is 273 g/mol. The lowest BCUT2D eigenvalue weighted by Gasteiger charge is -2.05. The minimum absolute atomic E-state index is 0.363. The van der Waals surface area contributed by atoms with E-state index in [2.05, 4.69) is 6.92 Å². The van der Waals surface area contributed by atoms with Crippen LogP contribution in [0.15, 0.2) is 0 Å². The van der Waals surface area contributed by atoms with Gasteiger partial charge in [0.25, 0.3) is 0 Å². The Balaban J connectivity index is 2.90. The fourth-order valence-corrected chi connectivity index (χ4v) is 1.35. The van der Waals surface area contributed by atoms with Gasteiger partial charge < -0.3 is 14.2 Å². The van der Waals surface area contributed by atoms with Crippen molar-refractivity contribution in [2.75, 3.05) is 45.4 Å². The van der Waals surface area contributed by atoms with Crippen LogP contribution in [0.3, 0.4) is 0 Å². The lowest BCUT2D eigenvalue weighted by Crippen LogP contribution is -2.11. The molecular formula is C10H21ClO4S. The molecule has 0 aromatic rings. The van der Waals surface area contributed by atoms with Crippen molar-refractivity contribution < 1.29 is 18.4 Å². The van der Waals surface area contributed by atoms with Crippen molar-refractivity contribution in [2.45, 2.75) is 19.8 Å². The maximum Gasteiger partial charge on any atom is 0.117 e. The molecule has 0 aliphatic rings. The second-order valence-electron chi connectivity index (χ2n) is 3.18. The highest BCUT2D eigenvalue weighted by molar-refractivity contribution is 8.08. The van der Waals surface area contributed by atoms with Crippen molar-refractivity contribution in [2.24, 2.45) is 0 Å². The Morgan fingerprint density at radius 3 is 1.94 bits per heavy atom. The van der Waals surface area contributed by atoms with E-state index in [0.29, 0.717) is 38.8 Å².